The van der Waals surface area contributed by atoms with E-state index in [9.17, 15) is 9.59 Å². The molecule has 0 bridgehead atoms. The highest BCUT2D eigenvalue weighted by Crippen LogP contribution is 2.15. The molecule has 0 atom stereocenters. The predicted octanol–water partition coefficient (Wildman–Crippen LogP) is 2.80. The van der Waals surface area contributed by atoms with Crippen LogP contribution < -0.4 is 5.32 Å². The van der Waals surface area contributed by atoms with Crippen molar-refractivity contribution in [3.63, 3.8) is 0 Å². The first-order chi connectivity index (χ1) is 10.7. The second-order valence-electron chi connectivity index (χ2n) is 5.38. The Bertz CT molecular complexity index is 650. The number of thiophene rings is 1. The number of hydrogen-bond donors (Lipinski definition) is 1. The average Bonchev–Trinajstić information content (AvgIpc) is 3.18. The smallest absolute Gasteiger partial charge is 0.251 e. The molecule has 5 heteroatoms. The lowest BCUT2D eigenvalue weighted by molar-refractivity contribution is -0.128. The van der Waals surface area contributed by atoms with Crippen molar-refractivity contribution in [1.82, 2.24) is 10.2 Å². The normalized spacial score (nSPS) is 14.4. The Kier molecular flexibility index (Phi) is 4.53. The summed E-state index contributed by atoms with van der Waals surface area (Å²) >= 11 is 1.63. The Balaban J connectivity index is 1.56. The third kappa shape index (κ3) is 3.54. The number of carbonyl (C=O) groups is 2. The van der Waals surface area contributed by atoms with Gasteiger partial charge in [0.25, 0.3) is 5.91 Å². The fourth-order valence-corrected chi connectivity index (χ4v) is 3.18. The number of likely N-dealkylation sites (tertiary alicyclic amines) is 1. The first-order valence-electron chi connectivity index (χ1n) is 7.40. The Labute approximate surface area is 133 Å². The molecule has 3 rings (SSSR count). The lowest BCUT2D eigenvalue weighted by Gasteiger charge is -2.15. The van der Waals surface area contributed by atoms with Crippen LogP contribution in [-0.2, 0) is 17.9 Å². The van der Waals surface area contributed by atoms with Crippen molar-refractivity contribution in [3.8, 4) is 0 Å². The van der Waals surface area contributed by atoms with Crippen LogP contribution in [0.25, 0.3) is 0 Å². The summed E-state index contributed by atoms with van der Waals surface area (Å²) in [5.74, 6) is 0.148. The van der Waals surface area contributed by atoms with Gasteiger partial charge in [-0.3, -0.25) is 9.59 Å². The Hall–Kier alpha value is -2.14. The third-order valence-electron chi connectivity index (χ3n) is 3.76. The van der Waals surface area contributed by atoms with Crippen LogP contribution >= 0.6 is 11.3 Å². The molecule has 0 spiro atoms. The van der Waals surface area contributed by atoms with Crippen molar-refractivity contribution in [2.45, 2.75) is 25.9 Å². The number of nitrogens with zero attached hydrogens (tertiary/aromatic N) is 1. The summed E-state index contributed by atoms with van der Waals surface area (Å²) in [6.45, 7) is 2.03. The molecule has 1 aromatic carbocycles. The van der Waals surface area contributed by atoms with E-state index in [0.717, 1.165) is 23.4 Å². The fourth-order valence-electron chi connectivity index (χ4n) is 2.54. The summed E-state index contributed by atoms with van der Waals surface area (Å²) in [6, 6.07) is 11.5. The highest BCUT2D eigenvalue weighted by molar-refractivity contribution is 7.09. The van der Waals surface area contributed by atoms with Gasteiger partial charge in [0.05, 0.1) is 6.54 Å². The summed E-state index contributed by atoms with van der Waals surface area (Å²) in [5.41, 5.74) is 1.71. The minimum Gasteiger partial charge on any atom is -0.347 e. The lowest BCUT2D eigenvalue weighted by atomic mass is 10.1. The molecule has 1 saturated heterocycles. The van der Waals surface area contributed by atoms with Gasteiger partial charge in [0.2, 0.25) is 5.91 Å². The predicted molar refractivity (Wildman–Crippen MR) is 86.6 cm³/mol. The van der Waals surface area contributed by atoms with Gasteiger partial charge in [-0.1, -0.05) is 18.2 Å². The second-order valence-corrected chi connectivity index (χ2v) is 6.41. The Morgan fingerprint density at radius 1 is 1.23 bits per heavy atom. The molecule has 0 saturated carbocycles. The van der Waals surface area contributed by atoms with E-state index < -0.39 is 0 Å². The van der Waals surface area contributed by atoms with Gasteiger partial charge in [0, 0.05) is 30.0 Å². The van der Waals surface area contributed by atoms with Gasteiger partial charge in [-0.2, -0.15) is 0 Å². The number of carbonyl (C=O) groups excluding carboxylic acids is 2. The van der Waals surface area contributed by atoms with Crippen molar-refractivity contribution in [3.05, 3.63) is 57.8 Å². The summed E-state index contributed by atoms with van der Waals surface area (Å²) in [5, 5.41) is 4.90. The quantitative estimate of drug-likeness (QED) is 0.922. The van der Waals surface area contributed by atoms with E-state index in [0.29, 0.717) is 25.1 Å². The van der Waals surface area contributed by atoms with Gasteiger partial charge >= 0.3 is 0 Å². The van der Waals surface area contributed by atoms with Crippen LogP contribution in [0.4, 0.5) is 0 Å². The molecule has 2 heterocycles. The first kappa shape index (κ1) is 14.8. The molecule has 1 N–H and O–H groups in total. The van der Waals surface area contributed by atoms with Crippen LogP contribution in [0.15, 0.2) is 41.8 Å². The molecule has 1 fully saturated rings. The van der Waals surface area contributed by atoms with Gasteiger partial charge in [-0.05, 0) is 35.6 Å². The maximum Gasteiger partial charge on any atom is 0.251 e. The van der Waals surface area contributed by atoms with E-state index in [2.05, 4.69) is 5.32 Å². The topological polar surface area (TPSA) is 49.4 Å². The molecule has 0 unspecified atom stereocenters. The molecule has 2 aromatic rings. The Morgan fingerprint density at radius 2 is 2.05 bits per heavy atom. The number of amides is 2. The van der Waals surface area contributed by atoms with E-state index in [1.807, 2.05) is 46.7 Å². The monoisotopic (exact) mass is 314 g/mol. The van der Waals surface area contributed by atoms with Crippen LogP contribution in [0.2, 0.25) is 0 Å². The molecule has 2 amide bonds. The van der Waals surface area contributed by atoms with Crippen LogP contribution in [0, 0.1) is 0 Å². The van der Waals surface area contributed by atoms with E-state index in [1.54, 1.807) is 11.3 Å². The largest absolute Gasteiger partial charge is 0.347 e. The molecule has 4 nitrogen and oxygen atoms in total. The molecule has 0 radical (unpaired) electrons. The lowest BCUT2D eigenvalue weighted by Crippen LogP contribution is -2.24. The summed E-state index contributed by atoms with van der Waals surface area (Å²) in [4.78, 5) is 26.7. The van der Waals surface area contributed by atoms with Crippen LogP contribution in [0.1, 0.15) is 33.6 Å². The van der Waals surface area contributed by atoms with Crippen molar-refractivity contribution in [1.29, 1.82) is 0 Å². The highest BCUT2D eigenvalue weighted by atomic mass is 32.1. The zero-order valence-corrected chi connectivity index (χ0v) is 13.1. The van der Waals surface area contributed by atoms with E-state index in [1.165, 1.54) is 0 Å². The Morgan fingerprint density at radius 3 is 2.68 bits per heavy atom. The number of rotatable bonds is 5. The van der Waals surface area contributed by atoms with E-state index in [-0.39, 0.29) is 11.8 Å². The minimum absolute atomic E-state index is 0.0720. The second kappa shape index (κ2) is 6.75. The molecule has 1 aliphatic heterocycles. The molecule has 0 aliphatic carbocycles. The zero-order valence-electron chi connectivity index (χ0n) is 12.2. The van der Waals surface area contributed by atoms with Crippen molar-refractivity contribution >= 4 is 23.2 Å². The van der Waals surface area contributed by atoms with E-state index in [4.69, 9.17) is 0 Å². The molecule has 1 aromatic heterocycles. The van der Waals surface area contributed by atoms with Gasteiger partial charge in [0.15, 0.2) is 0 Å². The fraction of sp³-hybridized carbons (Fsp3) is 0.294. The van der Waals surface area contributed by atoms with Gasteiger partial charge in [0.1, 0.15) is 0 Å². The molecule has 114 valence electrons. The highest BCUT2D eigenvalue weighted by Gasteiger charge is 2.19. The summed E-state index contributed by atoms with van der Waals surface area (Å²) < 4.78 is 0. The van der Waals surface area contributed by atoms with Gasteiger partial charge < -0.3 is 10.2 Å². The minimum atomic E-state index is -0.0720. The number of hydrogen-bond acceptors (Lipinski definition) is 3. The van der Waals surface area contributed by atoms with Crippen molar-refractivity contribution in [2.24, 2.45) is 0 Å². The van der Waals surface area contributed by atoms with Gasteiger partial charge in [-0.15, -0.1) is 11.3 Å². The summed E-state index contributed by atoms with van der Waals surface area (Å²) in [6.07, 6.45) is 1.60. The first-order valence-corrected chi connectivity index (χ1v) is 8.27. The van der Waals surface area contributed by atoms with Crippen molar-refractivity contribution < 1.29 is 9.59 Å². The molecule has 22 heavy (non-hydrogen) atoms. The van der Waals surface area contributed by atoms with Crippen molar-refractivity contribution in [2.75, 3.05) is 6.54 Å². The molecule has 1 aliphatic rings. The SMILES string of the molecule is O=C(NCc1cccs1)c1ccc(CN2CCCC2=O)cc1. The van der Waals surface area contributed by atoms with Crippen LogP contribution in [0.3, 0.4) is 0 Å². The van der Waals surface area contributed by atoms with Crippen LogP contribution in [0.5, 0.6) is 0 Å². The van der Waals surface area contributed by atoms with Gasteiger partial charge in [-0.25, -0.2) is 0 Å². The molecular weight excluding hydrogens is 296 g/mol. The standard InChI is InChI=1S/C17H18N2O2S/c20-16-4-1-9-19(16)12-13-5-7-14(8-6-13)17(21)18-11-15-3-2-10-22-15/h2-3,5-8,10H,1,4,9,11-12H2,(H,18,21). The number of benzene rings is 1. The maximum absolute atomic E-state index is 12.1. The van der Waals surface area contributed by atoms with Crippen LogP contribution in [-0.4, -0.2) is 23.3 Å². The zero-order chi connectivity index (χ0) is 15.4. The summed E-state index contributed by atoms with van der Waals surface area (Å²) in [7, 11) is 0. The average molecular weight is 314 g/mol. The third-order valence-corrected chi connectivity index (χ3v) is 4.64. The molecular formula is C17H18N2O2S. The van der Waals surface area contributed by atoms with E-state index >= 15 is 0 Å². The maximum atomic E-state index is 12.1. The number of nitrogens with one attached hydrogen (secondary N) is 1.